The van der Waals surface area contributed by atoms with E-state index in [1.165, 1.54) is 5.56 Å². The van der Waals surface area contributed by atoms with Crippen molar-refractivity contribution >= 4 is 0 Å². The van der Waals surface area contributed by atoms with Crippen molar-refractivity contribution in [1.29, 1.82) is 0 Å². The summed E-state index contributed by atoms with van der Waals surface area (Å²) >= 11 is 0. The average Bonchev–Trinajstić information content (AvgIpc) is 2.52. The van der Waals surface area contributed by atoms with Crippen molar-refractivity contribution in [2.75, 3.05) is 54.0 Å². The predicted molar refractivity (Wildman–Crippen MR) is 91.8 cm³/mol. The van der Waals surface area contributed by atoms with E-state index in [0.29, 0.717) is 13.2 Å². The molecule has 0 saturated heterocycles. The summed E-state index contributed by atoms with van der Waals surface area (Å²) in [5, 5.41) is 0. The molecule has 0 fully saturated rings. The number of likely N-dealkylation sites (N-methyl/N-ethyl adjacent to an activating group) is 2. The predicted octanol–water partition coefficient (Wildman–Crippen LogP) is 1.98. The highest BCUT2D eigenvalue weighted by atomic mass is 16.5. The van der Waals surface area contributed by atoms with Gasteiger partial charge < -0.3 is 20.1 Å². The standard InChI is InChI=1S/C17H31N3O2/c1-6-20(7-2)15(13-18)14-8-9-16(17(12-14)21-5)22-11-10-19(3)4/h8-9,12,15H,6-7,10-11,13,18H2,1-5H3. The molecule has 5 heteroatoms. The second-order valence-electron chi connectivity index (χ2n) is 5.53. The van der Waals surface area contributed by atoms with Gasteiger partial charge >= 0.3 is 0 Å². The van der Waals surface area contributed by atoms with Gasteiger partial charge in [0.2, 0.25) is 0 Å². The normalized spacial score (nSPS) is 12.7. The van der Waals surface area contributed by atoms with E-state index in [4.69, 9.17) is 15.2 Å². The molecule has 0 aliphatic rings. The van der Waals surface area contributed by atoms with Gasteiger partial charge in [0.1, 0.15) is 6.61 Å². The Morgan fingerprint density at radius 3 is 2.32 bits per heavy atom. The van der Waals surface area contributed by atoms with Crippen LogP contribution in [-0.2, 0) is 0 Å². The monoisotopic (exact) mass is 309 g/mol. The molecule has 0 amide bonds. The minimum Gasteiger partial charge on any atom is -0.493 e. The van der Waals surface area contributed by atoms with Gasteiger partial charge in [-0.3, -0.25) is 4.90 Å². The van der Waals surface area contributed by atoms with Crippen LogP contribution in [0, 0.1) is 0 Å². The fourth-order valence-electron chi connectivity index (χ4n) is 2.51. The highest BCUT2D eigenvalue weighted by Crippen LogP contribution is 2.31. The van der Waals surface area contributed by atoms with Crippen LogP contribution in [0.3, 0.4) is 0 Å². The molecule has 0 spiro atoms. The lowest BCUT2D eigenvalue weighted by Gasteiger charge is -2.29. The summed E-state index contributed by atoms with van der Waals surface area (Å²) in [6, 6.07) is 6.32. The van der Waals surface area contributed by atoms with E-state index < -0.39 is 0 Å². The molecule has 0 aliphatic carbocycles. The molecule has 0 heterocycles. The van der Waals surface area contributed by atoms with Crippen molar-refractivity contribution < 1.29 is 9.47 Å². The maximum Gasteiger partial charge on any atom is 0.161 e. The molecule has 0 aromatic heterocycles. The molecule has 1 unspecified atom stereocenters. The summed E-state index contributed by atoms with van der Waals surface area (Å²) in [4.78, 5) is 4.44. The molecule has 1 aromatic rings. The molecule has 0 saturated carbocycles. The maximum absolute atomic E-state index is 5.98. The number of hydrogen-bond donors (Lipinski definition) is 1. The van der Waals surface area contributed by atoms with Crippen LogP contribution in [0.15, 0.2) is 18.2 Å². The van der Waals surface area contributed by atoms with Crippen LogP contribution in [0.1, 0.15) is 25.5 Å². The van der Waals surface area contributed by atoms with Crippen LogP contribution in [0.4, 0.5) is 0 Å². The second kappa shape index (κ2) is 9.66. The Kier molecular flexibility index (Phi) is 8.24. The van der Waals surface area contributed by atoms with E-state index >= 15 is 0 Å². The maximum atomic E-state index is 5.98. The summed E-state index contributed by atoms with van der Waals surface area (Å²) in [6.45, 7) is 8.36. The molecule has 22 heavy (non-hydrogen) atoms. The van der Waals surface area contributed by atoms with Gasteiger partial charge in [-0.25, -0.2) is 0 Å². The number of methoxy groups -OCH3 is 1. The number of rotatable bonds is 10. The number of benzene rings is 1. The van der Waals surface area contributed by atoms with Gasteiger partial charge in [0.15, 0.2) is 11.5 Å². The van der Waals surface area contributed by atoms with E-state index in [2.05, 4.69) is 29.7 Å². The first kappa shape index (κ1) is 18.7. The first-order valence-corrected chi connectivity index (χ1v) is 7.96. The van der Waals surface area contributed by atoms with Crippen LogP contribution in [0.5, 0.6) is 11.5 Å². The molecule has 1 rings (SSSR count). The van der Waals surface area contributed by atoms with Crippen molar-refractivity contribution in [1.82, 2.24) is 9.80 Å². The third-order valence-electron chi connectivity index (χ3n) is 3.84. The molecule has 0 bridgehead atoms. The Labute approximate surface area is 135 Å². The fraction of sp³-hybridized carbons (Fsp3) is 0.647. The summed E-state index contributed by atoms with van der Waals surface area (Å²) in [5.74, 6) is 1.55. The van der Waals surface area contributed by atoms with Crippen molar-refractivity contribution in [3.63, 3.8) is 0 Å². The molecule has 1 aromatic carbocycles. The van der Waals surface area contributed by atoms with Crippen LogP contribution >= 0.6 is 0 Å². The lowest BCUT2D eigenvalue weighted by atomic mass is 10.0. The SMILES string of the molecule is CCN(CC)C(CN)c1ccc(OCCN(C)C)c(OC)c1. The van der Waals surface area contributed by atoms with Crippen LogP contribution in [0.25, 0.3) is 0 Å². The van der Waals surface area contributed by atoms with Gasteiger partial charge in [-0.2, -0.15) is 0 Å². The van der Waals surface area contributed by atoms with Crippen LogP contribution < -0.4 is 15.2 Å². The van der Waals surface area contributed by atoms with Gasteiger partial charge in [-0.1, -0.05) is 19.9 Å². The third-order valence-corrected chi connectivity index (χ3v) is 3.84. The van der Waals surface area contributed by atoms with E-state index in [0.717, 1.165) is 31.1 Å². The first-order chi connectivity index (χ1) is 10.6. The van der Waals surface area contributed by atoms with Crippen LogP contribution in [0.2, 0.25) is 0 Å². The molecule has 1 atom stereocenters. The number of nitrogens with zero attached hydrogens (tertiary/aromatic N) is 2. The highest BCUT2D eigenvalue weighted by Gasteiger charge is 2.18. The smallest absolute Gasteiger partial charge is 0.161 e. The zero-order chi connectivity index (χ0) is 16.5. The minimum absolute atomic E-state index is 0.208. The molecule has 0 aliphatic heterocycles. The summed E-state index contributed by atoms with van der Waals surface area (Å²) in [5.41, 5.74) is 7.15. The quantitative estimate of drug-likeness (QED) is 0.716. The van der Waals surface area contributed by atoms with Gasteiger partial charge in [0.25, 0.3) is 0 Å². The number of ether oxygens (including phenoxy) is 2. The summed E-state index contributed by atoms with van der Waals surface area (Å²) < 4.78 is 11.3. The van der Waals surface area contributed by atoms with Crippen molar-refractivity contribution in [3.8, 4) is 11.5 Å². The zero-order valence-corrected chi connectivity index (χ0v) is 14.6. The number of nitrogens with two attached hydrogens (primary N) is 1. The Bertz CT molecular complexity index is 434. The largest absolute Gasteiger partial charge is 0.493 e. The highest BCUT2D eigenvalue weighted by molar-refractivity contribution is 5.44. The van der Waals surface area contributed by atoms with E-state index in [-0.39, 0.29) is 6.04 Å². The van der Waals surface area contributed by atoms with E-state index in [1.54, 1.807) is 7.11 Å². The Hall–Kier alpha value is -1.30. The molecule has 5 nitrogen and oxygen atoms in total. The Balaban J connectivity index is 2.90. The third kappa shape index (κ3) is 5.16. The Morgan fingerprint density at radius 1 is 1.14 bits per heavy atom. The van der Waals surface area contributed by atoms with Gasteiger partial charge in [-0.05, 0) is 44.9 Å². The molecule has 0 radical (unpaired) electrons. The number of hydrogen-bond acceptors (Lipinski definition) is 5. The van der Waals surface area contributed by atoms with Gasteiger partial charge in [0.05, 0.1) is 7.11 Å². The van der Waals surface area contributed by atoms with E-state index in [1.807, 2.05) is 26.2 Å². The van der Waals surface area contributed by atoms with Gasteiger partial charge in [0, 0.05) is 19.1 Å². The summed E-state index contributed by atoms with van der Waals surface area (Å²) in [6.07, 6.45) is 0. The van der Waals surface area contributed by atoms with Gasteiger partial charge in [-0.15, -0.1) is 0 Å². The van der Waals surface area contributed by atoms with Crippen molar-refractivity contribution in [2.24, 2.45) is 5.73 Å². The lowest BCUT2D eigenvalue weighted by Crippen LogP contribution is -2.33. The molecule has 2 N–H and O–H groups in total. The minimum atomic E-state index is 0.208. The molecular formula is C17H31N3O2. The van der Waals surface area contributed by atoms with Crippen molar-refractivity contribution in [3.05, 3.63) is 23.8 Å². The fourth-order valence-corrected chi connectivity index (χ4v) is 2.51. The van der Waals surface area contributed by atoms with Crippen molar-refractivity contribution in [2.45, 2.75) is 19.9 Å². The zero-order valence-electron chi connectivity index (χ0n) is 14.6. The van der Waals surface area contributed by atoms with Crippen LogP contribution in [-0.4, -0.2) is 63.8 Å². The average molecular weight is 309 g/mol. The molecular weight excluding hydrogens is 278 g/mol. The first-order valence-electron chi connectivity index (χ1n) is 7.96. The van der Waals surface area contributed by atoms with E-state index in [9.17, 15) is 0 Å². The Morgan fingerprint density at radius 2 is 1.82 bits per heavy atom. The summed E-state index contributed by atoms with van der Waals surface area (Å²) in [7, 11) is 5.73. The topological polar surface area (TPSA) is 51.0 Å². The lowest BCUT2D eigenvalue weighted by molar-refractivity contribution is 0.222. The second-order valence-corrected chi connectivity index (χ2v) is 5.53. The molecule has 126 valence electrons.